The highest BCUT2D eigenvalue weighted by atomic mass is 32.2. The Kier molecular flexibility index (Phi) is 8.61. The molecule has 0 unspecified atom stereocenters. The molecule has 0 fully saturated rings. The van der Waals surface area contributed by atoms with Crippen LogP contribution in [0.25, 0.3) is 11.1 Å². The van der Waals surface area contributed by atoms with Gasteiger partial charge >= 0.3 is 0 Å². The summed E-state index contributed by atoms with van der Waals surface area (Å²) in [4.78, 5) is 24.5. The van der Waals surface area contributed by atoms with Crippen molar-refractivity contribution in [3.63, 3.8) is 0 Å². The van der Waals surface area contributed by atoms with E-state index in [1.54, 1.807) is 13.8 Å². The van der Waals surface area contributed by atoms with Gasteiger partial charge in [-0.15, -0.1) is 0 Å². The van der Waals surface area contributed by atoms with Crippen LogP contribution in [0.15, 0.2) is 82.6 Å². The molecule has 0 spiro atoms. The molecule has 1 N–H and O–H groups in total. The Bertz CT molecular complexity index is 1270. The van der Waals surface area contributed by atoms with Crippen molar-refractivity contribution in [1.29, 1.82) is 0 Å². The van der Waals surface area contributed by atoms with Crippen LogP contribution in [0.2, 0.25) is 0 Å². The Morgan fingerprint density at radius 1 is 0.971 bits per heavy atom. The van der Waals surface area contributed by atoms with Crippen molar-refractivity contribution in [3.8, 4) is 16.9 Å². The zero-order valence-corrected chi connectivity index (χ0v) is 20.1. The fourth-order valence-electron chi connectivity index (χ4n) is 3.51. The molecule has 180 valence electrons. The first-order valence-electron chi connectivity index (χ1n) is 11.1. The standard InChI is InChI=1S/C25H29N3O5S/c1-3-28(4-2)34(31,32)21-14-15-25(30)27(18-21)19-24(29)26-16-17-33-23-13-9-8-12-22(23)20-10-6-5-7-11-20/h5-15,18H,3-4,16-17,19H2,1-2H3,(H,26,29). The average molecular weight is 484 g/mol. The number of ether oxygens (including phenoxy) is 1. The number of aromatic nitrogens is 1. The van der Waals surface area contributed by atoms with Crippen LogP contribution in [0.5, 0.6) is 5.75 Å². The van der Waals surface area contributed by atoms with Crippen LogP contribution < -0.4 is 15.6 Å². The van der Waals surface area contributed by atoms with E-state index in [-0.39, 0.29) is 24.6 Å². The molecule has 1 aromatic heterocycles. The zero-order chi connectivity index (χ0) is 24.6. The first-order valence-corrected chi connectivity index (χ1v) is 12.6. The molecule has 3 aromatic rings. The molecule has 1 amide bonds. The smallest absolute Gasteiger partial charge is 0.251 e. The fourth-order valence-corrected chi connectivity index (χ4v) is 4.99. The molecule has 34 heavy (non-hydrogen) atoms. The van der Waals surface area contributed by atoms with E-state index < -0.39 is 21.5 Å². The minimum atomic E-state index is -3.73. The van der Waals surface area contributed by atoms with E-state index >= 15 is 0 Å². The van der Waals surface area contributed by atoms with Crippen LogP contribution in [-0.2, 0) is 21.4 Å². The van der Waals surface area contributed by atoms with Gasteiger partial charge in [-0.3, -0.25) is 9.59 Å². The topological polar surface area (TPSA) is 97.7 Å². The average Bonchev–Trinajstić information content (AvgIpc) is 2.84. The Labute approximate surface area is 199 Å². The van der Waals surface area contributed by atoms with Crippen molar-refractivity contribution in [3.05, 3.63) is 83.3 Å². The molecular formula is C25H29N3O5S. The summed E-state index contributed by atoms with van der Waals surface area (Å²) in [6.45, 7) is 4.28. The third kappa shape index (κ3) is 6.12. The molecule has 9 heteroatoms. The molecule has 1 heterocycles. The number of sulfonamides is 1. The van der Waals surface area contributed by atoms with Crippen LogP contribution in [-0.4, -0.2) is 49.4 Å². The van der Waals surface area contributed by atoms with E-state index in [0.717, 1.165) is 21.8 Å². The lowest BCUT2D eigenvalue weighted by atomic mass is 10.1. The number of nitrogens with one attached hydrogen (secondary N) is 1. The molecule has 3 rings (SSSR count). The normalized spacial score (nSPS) is 11.4. The van der Waals surface area contributed by atoms with Crippen molar-refractivity contribution < 1.29 is 17.9 Å². The Morgan fingerprint density at radius 2 is 1.65 bits per heavy atom. The van der Waals surface area contributed by atoms with Crippen molar-refractivity contribution in [2.45, 2.75) is 25.3 Å². The minimum absolute atomic E-state index is 0.0237. The number of nitrogens with zero attached hydrogens (tertiary/aromatic N) is 2. The van der Waals surface area contributed by atoms with Crippen molar-refractivity contribution in [1.82, 2.24) is 14.2 Å². The number of rotatable bonds is 11. The van der Waals surface area contributed by atoms with Gasteiger partial charge in [-0.1, -0.05) is 62.4 Å². The summed E-state index contributed by atoms with van der Waals surface area (Å²) in [6.07, 6.45) is 1.21. The number of benzene rings is 2. The van der Waals surface area contributed by atoms with Crippen LogP contribution >= 0.6 is 0 Å². The highest BCUT2D eigenvalue weighted by Crippen LogP contribution is 2.29. The summed E-state index contributed by atoms with van der Waals surface area (Å²) in [5.41, 5.74) is 1.52. The predicted molar refractivity (Wildman–Crippen MR) is 131 cm³/mol. The summed E-state index contributed by atoms with van der Waals surface area (Å²) in [6, 6.07) is 19.9. The molecule has 2 aromatic carbocycles. The van der Waals surface area contributed by atoms with Crippen LogP contribution in [0, 0.1) is 0 Å². The third-order valence-corrected chi connectivity index (χ3v) is 7.30. The summed E-state index contributed by atoms with van der Waals surface area (Å²) in [5, 5.41) is 2.71. The van der Waals surface area contributed by atoms with E-state index in [9.17, 15) is 18.0 Å². The fraction of sp³-hybridized carbons (Fsp3) is 0.280. The van der Waals surface area contributed by atoms with Crippen LogP contribution in [0.4, 0.5) is 0 Å². The largest absolute Gasteiger partial charge is 0.491 e. The molecule has 0 aliphatic carbocycles. The van der Waals surface area contributed by atoms with Crippen molar-refractivity contribution in [2.75, 3.05) is 26.2 Å². The molecule has 0 bridgehead atoms. The quantitative estimate of drug-likeness (QED) is 0.423. The first kappa shape index (κ1) is 25.2. The molecule has 8 nitrogen and oxygen atoms in total. The second-order valence-electron chi connectivity index (χ2n) is 7.48. The van der Waals surface area contributed by atoms with Gasteiger partial charge in [0.25, 0.3) is 5.56 Å². The zero-order valence-electron chi connectivity index (χ0n) is 19.3. The number of para-hydroxylation sites is 1. The number of amides is 1. The first-order chi connectivity index (χ1) is 16.4. The molecule has 0 aliphatic heterocycles. The van der Waals surface area contributed by atoms with Gasteiger partial charge in [-0.2, -0.15) is 4.31 Å². The van der Waals surface area contributed by atoms with Gasteiger partial charge in [0.05, 0.1) is 11.4 Å². The van der Waals surface area contributed by atoms with Gasteiger partial charge in [0, 0.05) is 30.9 Å². The lowest BCUT2D eigenvalue weighted by Crippen LogP contribution is -2.35. The maximum atomic E-state index is 12.7. The lowest BCUT2D eigenvalue weighted by molar-refractivity contribution is -0.121. The highest BCUT2D eigenvalue weighted by Gasteiger charge is 2.22. The van der Waals surface area contributed by atoms with Crippen molar-refractivity contribution >= 4 is 15.9 Å². The maximum absolute atomic E-state index is 12.7. The molecule has 0 radical (unpaired) electrons. The Morgan fingerprint density at radius 3 is 2.35 bits per heavy atom. The lowest BCUT2D eigenvalue weighted by Gasteiger charge is -2.19. The van der Waals surface area contributed by atoms with Gasteiger partial charge in [0.15, 0.2) is 0 Å². The highest BCUT2D eigenvalue weighted by molar-refractivity contribution is 7.89. The second-order valence-corrected chi connectivity index (χ2v) is 9.42. The third-order valence-electron chi connectivity index (χ3n) is 5.27. The summed E-state index contributed by atoms with van der Waals surface area (Å²) in [7, 11) is -3.73. The van der Waals surface area contributed by atoms with Gasteiger partial charge in [-0.05, 0) is 17.7 Å². The van der Waals surface area contributed by atoms with E-state index in [0.29, 0.717) is 18.8 Å². The van der Waals surface area contributed by atoms with E-state index in [2.05, 4.69) is 5.32 Å². The SMILES string of the molecule is CCN(CC)S(=O)(=O)c1ccc(=O)n(CC(=O)NCCOc2ccccc2-c2ccccc2)c1. The van der Waals surface area contributed by atoms with Crippen molar-refractivity contribution in [2.24, 2.45) is 0 Å². The van der Waals surface area contributed by atoms with Gasteiger partial charge in [0.1, 0.15) is 18.9 Å². The van der Waals surface area contributed by atoms with Gasteiger partial charge < -0.3 is 14.6 Å². The maximum Gasteiger partial charge on any atom is 0.251 e. The number of pyridine rings is 1. The van der Waals surface area contributed by atoms with E-state index in [1.807, 2.05) is 54.6 Å². The molecule has 0 aliphatic rings. The molecule has 0 saturated carbocycles. The summed E-state index contributed by atoms with van der Waals surface area (Å²) >= 11 is 0. The Balaban J connectivity index is 1.59. The van der Waals surface area contributed by atoms with Crippen LogP contribution in [0.1, 0.15) is 13.8 Å². The second kappa shape index (κ2) is 11.6. The molecule has 0 atom stereocenters. The number of hydrogen-bond acceptors (Lipinski definition) is 5. The van der Waals surface area contributed by atoms with Gasteiger partial charge in [-0.25, -0.2) is 8.42 Å². The molecule has 0 saturated heterocycles. The number of carbonyl (C=O) groups excluding carboxylic acids is 1. The van der Waals surface area contributed by atoms with Crippen LogP contribution in [0.3, 0.4) is 0 Å². The summed E-state index contributed by atoms with van der Waals surface area (Å²) in [5.74, 6) is 0.285. The van der Waals surface area contributed by atoms with E-state index in [4.69, 9.17) is 4.74 Å². The minimum Gasteiger partial charge on any atom is -0.491 e. The van der Waals surface area contributed by atoms with Gasteiger partial charge in [0.2, 0.25) is 15.9 Å². The number of hydrogen-bond donors (Lipinski definition) is 1. The Hall–Kier alpha value is -3.43. The number of carbonyl (C=O) groups is 1. The monoisotopic (exact) mass is 483 g/mol. The summed E-state index contributed by atoms with van der Waals surface area (Å²) < 4.78 is 33.7. The van der Waals surface area contributed by atoms with E-state index in [1.165, 1.54) is 16.6 Å². The predicted octanol–water partition coefficient (Wildman–Crippen LogP) is 2.74. The molecular weight excluding hydrogens is 454 g/mol.